The van der Waals surface area contributed by atoms with Gasteiger partial charge in [0.05, 0.1) is 0 Å². The maximum absolute atomic E-state index is 10.0. The molecule has 1 unspecified atom stereocenters. The normalized spacial score (nSPS) is 13.1. The first kappa shape index (κ1) is 9.83. The van der Waals surface area contributed by atoms with Gasteiger partial charge in [-0.25, -0.2) is 4.98 Å². The number of rotatable bonds is 2. The summed E-state index contributed by atoms with van der Waals surface area (Å²) in [6, 6.07) is 2.02. The zero-order valence-corrected chi connectivity index (χ0v) is 9.65. The van der Waals surface area contributed by atoms with Crippen LogP contribution < -0.4 is 0 Å². The highest BCUT2D eigenvalue weighted by molar-refractivity contribution is 7.11. The molecule has 14 heavy (non-hydrogen) atoms. The van der Waals surface area contributed by atoms with Crippen LogP contribution in [0.1, 0.15) is 27.2 Å². The molecule has 4 heteroatoms. The molecule has 0 saturated carbocycles. The van der Waals surface area contributed by atoms with Crippen molar-refractivity contribution in [3.05, 3.63) is 38.0 Å². The number of thiazole rings is 1. The third-order valence-corrected chi connectivity index (χ3v) is 4.11. The molecule has 2 heterocycles. The van der Waals surface area contributed by atoms with Crippen molar-refractivity contribution in [2.75, 3.05) is 0 Å². The average Bonchev–Trinajstić information content (AvgIpc) is 2.73. The lowest BCUT2D eigenvalue weighted by Gasteiger charge is -2.05. The van der Waals surface area contributed by atoms with Crippen molar-refractivity contribution in [3.8, 4) is 0 Å². The van der Waals surface area contributed by atoms with Crippen molar-refractivity contribution in [1.82, 2.24) is 4.98 Å². The van der Waals surface area contributed by atoms with Crippen LogP contribution >= 0.6 is 22.7 Å². The van der Waals surface area contributed by atoms with Gasteiger partial charge in [-0.2, -0.15) is 0 Å². The van der Waals surface area contributed by atoms with Crippen LogP contribution in [0.25, 0.3) is 0 Å². The lowest BCUT2D eigenvalue weighted by Crippen LogP contribution is -1.97. The van der Waals surface area contributed by atoms with Gasteiger partial charge in [0.1, 0.15) is 11.1 Å². The Kier molecular flexibility index (Phi) is 2.67. The molecule has 0 aliphatic heterocycles. The van der Waals surface area contributed by atoms with Crippen LogP contribution in [-0.2, 0) is 0 Å². The number of hydrogen-bond acceptors (Lipinski definition) is 4. The summed E-state index contributed by atoms with van der Waals surface area (Å²) in [5, 5.41) is 14.8. The fourth-order valence-corrected chi connectivity index (χ4v) is 3.05. The van der Waals surface area contributed by atoms with Crippen molar-refractivity contribution < 1.29 is 5.11 Å². The first-order chi connectivity index (χ1) is 6.68. The Labute approximate surface area is 90.9 Å². The summed E-state index contributed by atoms with van der Waals surface area (Å²) in [6.45, 7) is 3.95. The van der Waals surface area contributed by atoms with Gasteiger partial charge in [-0.05, 0) is 30.9 Å². The third kappa shape index (κ3) is 1.73. The van der Waals surface area contributed by atoms with Crippen LogP contribution in [0, 0.1) is 13.8 Å². The molecule has 0 radical (unpaired) electrons. The number of thiophene rings is 1. The average molecular weight is 225 g/mol. The van der Waals surface area contributed by atoms with E-state index in [-0.39, 0.29) is 0 Å². The summed E-state index contributed by atoms with van der Waals surface area (Å²) in [7, 11) is 0. The predicted octanol–water partition coefficient (Wildman–Crippen LogP) is 2.90. The highest BCUT2D eigenvalue weighted by atomic mass is 32.1. The Balaban J connectivity index is 2.33. The molecule has 0 fully saturated rings. The van der Waals surface area contributed by atoms with Gasteiger partial charge in [-0.3, -0.25) is 0 Å². The molecule has 2 aromatic rings. The number of nitrogens with zero attached hydrogens (tertiary/aromatic N) is 1. The standard InChI is InChI=1S/C10H11NOS2/c1-6-3-4-13-9(6)8(12)10-11-7(2)5-14-10/h3-5,8,12H,1-2H3. The van der Waals surface area contributed by atoms with Crippen molar-refractivity contribution >= 4 is 22.7 Å². The van der Waals surface area contributed by atoms with Gasteiger partial charge in [0.2, 0.25) is 0 Å². The Hall–Kier alpha value is -0.710. The Bertz CT molecular complexity index is 433. The van der Waals surface area contributed by atoms with E-state index in [1.165, 1.54) is 11.3 Å². The fourth-order valence-electron chi connectivity index (χ4n) is 1.27. The van der Waals surface area contributed by atoms with E-state index >= 15 is 0 Å². The molecule has 0 amide bonds. The molecule has 0 saturated heterocycles. The molecule has 74 valence electrons. The minimum absolute atomic E-state index is 0.548. The molecule has 0 aromatic carbocycles. The van der Waals surface area contributed by atoms with Gasteiger partial charge < -0.3 is 5.11 Å². The second-order valence-electron chi connectivity index (χ2n) is 3.20. The van der Waals surface area contributed by atoms with E-state index in [2.05, 4.69) is 4.98 Å². The number of aliphatic hydroxyl groups excluding tert-OH is 1. The van der Waals surface area contributed by atoms with E-state index < -0.39 is 6.10 Å². The third-order valence-electron chi connectivity index (χ3n) is 2.02. The maximum Gasteiger partial charge on any atom is 0.140 e. The molecular formula is C10H11NOS2. The van der Waals surface area contributed by atoms with E-state index in [0.29, 0.717) is 0 Å². The zero-order valence-electron chi connectivity index (χ0n) is 8.02. The highest BCUT2D eigenvalue weighted by Gasteiger charge is 2.16. The minimum atomic E-state index is -0.548. The Morgan fingerprint density at radius 3 is 2.64 bits per heavy atom. The molecule has 0 spiro atoms. The molecule has 0 aliphatic carbocycles. The zero-order chi connectivity index (χ0) is 10.1. The van der Waals surface area contributed by atoms with Gasteiger partial charge >= 0.3 is 0 Å². The van der Waals surface area contributed by atoms with Crippen molar-refractivity contribution in [3.63, 3.8) is 0 Å². The number of aryl methyl sites for hydroxylation is 2. The van der Waals surface area contributed by atoms with E-state index in [4.69, 9.17) is 0 Å². The van der Waals surface area contributed by atoms with Gasteiger partial charge in [-0.1, -0.05) is 0 Å². The van der Waals surface area contributed by atoms with E-state index in [0.717, 1.165) is 21.1 Å². The summed E-state index contributed by atoms with van der Waals surface area (Å²) >= 11 is 3.09. The smallest absolute Gasteiger partial charge is 0.140 e. The van der Waals surface area contributed by atoms with Gasteiger partial charge in [0.25, 0.3) is 0 Å². The molecule has 2 rings (SSSR count). The predicted molar refractivity (Wildman–Crippen MR) is 60.0 cm³/mol. The number of aliphatic hydroxyl groups is 1. The van der Waals surface area contributed by atoms with Crippen molar-refractivity contribution in [2.24, 2.45) is 0 Å². The second kappa shape index (κ2) is 3.81. The molecule has 2 nitrogen and oxygen atoms in total. The summed E-state index contributed by atoms with van der Waals surface area (Å²) in [5.41, 5.74) is 2.11. The van der Waals surface area contributed by atoms with Crippen LogP contribution in [-0.4, -0.2) is 10.1 Å². The van der Waals surface area contributed by atoms with Crippen LogP contribution in [0.2, 0.25) is 0 Å². The SMILES string of the molecule is Cc1csc(C(O)c2sccc2C)n1. The Morgan fingerprint density at radius 2 is 2.14 bits per heavy atom. The highest BCUT2D eigenvalue weighted by Crippen LogP contribution is 2.30. The Morgan fingerprint density at radius 1 is 1.36 bits per heavy atom. The summed E-state index contributed by atoms with van der Waals surface area (Å²) in [5.74, 6) is 0. The van der Waals surface area contributed by atoms with Crippen LogP contribution in [0.4, 0.5) is 0 Å². The van der Waals surface area contributed by atoms with Crippen LogP contribution in [0.15, 0.2) is 16.8 Å². The summed E-state index contributed by atoms with van der Waals surface area (Å²) in [6.07, 6.45) is -0.548. The minimum Gasteiger partial charge on any atom is -0.380 e. The van der Waals surface area contributed by atoms with E-state index in [1.807, 2.05) is 30.7 Å². The quantitative estimate of drug-likeness (QED) is 0.852. The molecule has 0 aliphatic rings. The molecular weight excluding hydrogens is 214 g/mol. The molecule has 0 bridgehead atoms. The van der Waals surface area contributed by atoms with Gasteiger partial charge in [0, 0.05) is 16.0 Å². The first-order valence-corrected chi connectivity index (χ1v) is 6.08. The maximum atomic E-state index is 10.0. The first-order valence-electron chi connectivity index (χ1n) is 4.32. The molecule has 1 N–H and O–H groups in total. The largest absolute Gasteiger partial charge is 0.380 e. The van der Waals surface area contributed by atoms with Gasteiger partial charge in [-0.15, -0.1) is 22.7 Å². The van der Waals surface area contributed by atoms with E-state index in [9.17, 15) is 5.11 Å². The monoisotopic (exact) mass is 225 g/mol. The van der Waals surface area contributed by atoms with Crippen molar-refractivity contribution in [2.45, 2.75) is 20.0 Å². The summed E-state index contributed by atoms with van der Waals surface area (Å²) in [4.78, 5) is 5.28. The van der Waals surface area contributed by atoms with Crippen LogP contribution in [0.3, 0.4) is 0 Å². The number of hydrogen-bond donors (Lipinski definition) is 1. The fraction of sp³-hybridized carbons (Fsp3) is 0.300. The molecule has 2 aromatic heterocycles. The molecule has 1 atom stereocenters. The van der Waals surface area contributed by atoms with Crippen LogP contribution in [0.5, 0.6) is 0 Å². The van der Waals surface area contributed by atoms with E-state index in [1.54, 1.807) is 11.3 Å². The lowest BCUT2D eigenvalue weighted by atomic mass is 10.2. The number of aromatic nitrogens is 1. The van der Waals surface area contributed by atoms with Crippen molar-refractivity contribution in [1.29, 1.82) is 0 Å². The second-order valence-corrected chi connectivity index (χ2v) is 5.03. The topological polar surface area (TPSA) is 33.1 Å². The summed E-state index contributed by atoms with van der Waals surface area (Å²) < 4.78 is 0. The van der Waals surface area contributed by atoms with Gasteiger partial charge in [0.15, 0.2) is 0 Å². The lowest BCUT2D eigenvalue weighted by molar-refractivity contribution is 0.223.